The zero-order valence-electron chi connectivity index (χ0n) is 9.82. The van der Waals surface area contributed by atoms with Gasteiger partial charge in [0.15, 0.2) is 0 Å². The second-order valence-electron chi connectivity index (χ2n) is 5.07. The lowest BCUT2D eigenvalue weighted by Crippen LogP contribution is -2.35. The molecule has 0 amide bonds. The molecular formula is C12H21F3O. The van der Waals surface area contributed by atoms with Crippen LogP contribution in [0.4, 0.5) is 13.2 Å². The van der Waals surface area contributed by atoms with Crippen LogP contribution in [0, 0.1) is 5.92 Å². The van der Waals surface area contributed by atoms with Crippen molar-refractivity contribution in [2.75, 3.05) is 0 Å². The minimum atomic E-state index is -4.14. The van der Waals surface area contributed by atoms with E-state index in [1.807, 2.05) is 0 Å². The summed E-state index contributed by atoms with van der Waals surface area (Å²) < 4.78 is 36.2. The number of halogens is 3. The fraction of sp³-hybridized carbons (Fsp3) is 1.00. The zero-order chi connectivity index (χ0) is 12.2. The van der Waals surface area contributed by atoms with Crippen molar-refractivity contribution >= 4 is 0 Å². The van der Waals surface area contributed by atoms with E-state index in [-0.39, 0.29) is 6.42 Å². The summed E-state index contributed by atoms with van der Waals surface area (Å²) in [6.07, 6.45) is -0.0554. The van der Waals surface area contributed by atoms with E-state index in [9.17, 15) is 18.3 Å². The van der Waals surface area contributed by atoms with E-state index >= 15 is 0 Å². The summed E-state index contributed by atoms with van der Waals surface area (Å²) in [6.45, 7) is 2.12. The molecule has 1 aliphatic carbocycles. The predicted octanol–water partition coefficient (Wildman–Crippen LogP) is 4.05. The van der Waals surface area contributed by atoms with Crippen molar-refractivity contribution in [3.8, 4) is 0 Å². The van der Waals surface area contributed by atoms with Crippen molar-refractivity contribution in [2.24, 2.45) is 5.92 Å². The highest BCUT2D eigenvalue weighted by molar-refractivity contribution is 4.85. The molecule has 1 aliphatic rings. The fourth-order valence-corrected chi connectivity index (χ4v) is 2.54. The molecule has 0 unspecified atom stereocenters. The first kappa shape index (κ1) is 13.8. The van der Waals surface area contributed by atoms with E-state index < -0.39 is 18.2 Å². The summed E-state index contributed by atoms with van der Waals surface area (Å²) in [4.78, 5) is 0. The largest absolute Gasteiger partial charge is 0.390 e. The monoisotopic (exact) mass is 238 g/mol. The number of hydrogen-bond acceptors (Lipinski definition) is 1. The molecular weight excluding hydrogens is 217 g/mol. The van der Waals surface area contributed by atoms with Gasteiger partial charge < -0.3 is 5.11 Å². The second kappa shape index (κ2) is 5.39. The van der Waals surface area contributed by atoms with E-state index in [1.165, 1.54) is 0 Å². The standard InChI is InChI=1S/C12H21F3O/c1-2-3-10-4-6-11(16,7-5-10)8-9-12(13,14)15/h10,16H,2-9H2,1H3. The molecule has 0 aromatic heterocycles. The molecule has 0 atom stereocenters. The van der Waals surface area contributed by atoms with Crippen LogP contribution in [-0.4, -0.2) is 16.9 Å². The number of alkyl halides is 3. The van der Waals surface area contributed by atoms with Crippen molar-refractivity contribution < 1.29 is 18.3 Å². The molecule has 0 aromatic carbocycles. The summed E-state index contributed by atoms with van der Waals surface area (Å²) in [5.41, 5.74) is -1.06. The third kappa shape index (κ3) is 4.73. The van der Waals surface area contributed by atoms with Crippen molar-refractivity contribution in [1.82, 2.24) is 0 Å². The van der Waals surface area contributed by atoms with Crippen LogP contribution in [0.15, 0.2) is 0 Å². The van der Waals surface area contributed by atoms with Crippen LogP contribution in [0.2, 0.25) is 0 Å². The van der Waals surface area contributed by atoms with Gasteiger partial charge in [-0.1, -0.05) is 19.8 Å². The molecule has 1 N–H and O–H groups in total. The maximum Gasteiger partial charge on any atom is 0.389 e. The molecule has 1 saturated carbocycles. The fourth-order valence-electron chi connectivity index (χ4n) is 2.54. The van der Waals surface area contributed by atoms with Crippen LogP contribution in [0.25, 0.3) is 0 Å². The normalized spacial score (nSPS) is 31.7. The Bertz CT molecular complexity index is 205. The highest BCUT2D eigenvalue weighted by Crippen LogP contribution is 2.38. The molecule has 1 rings (SSSR count). The lowest BCUT2D eigenvalue weighted by molar-refractivity contribution is -0.150. The van der Waals surface area contributed by atoms with Crippen LogP contribution >= 0.6 is 0 Å². The van der Waals surface area contributed by atoms with E-state index in [0.717, 1.165) is 25.7 Å². The molecule has 1 fully saturated rings. The topological polar surface area (TPSA) is 20.2 Å². The number of aliphatic hydroxyl groups is 1. The van der Waals surface area contributed by atoms with Gasteiger partial charge >= 0.3 is 6.18 Å². The van der Waals surface area contributed by atoms with Crippen LogP contribution in [-0.2, 0) is 0 Å². The van der Waals surface area contributed by atoms with E-state index in [0.29, 0.717) is 18.8 Å². The minimum Gasteiger partial charge on any atom is -0.390 e. The third-order valence-electron chi connectivity index (χ3n) is 3.61. The number of hydrogen-bond donors (Lipinski definition) is 1. The predicted molar refractivity (Wildman–Crippen MR) is 57.1 cm³/mol. The molecule has 1 nitrogen and oxygen atoms in total. The van der Waals surface area contributed by atoms with E-state index in [2.05, 4.69) is 6.92 Å². The molecule has 4 heteroatoms. The van der Waals surface area contributed by atoms with Crippen LogP contribution in [0.3, 0.4) is 0 Å². The van der Waals surface area contributed by atoms with E-state index in [4.69, 9.17) is 0 Å². The lowest BCUT2D eigenvalue weighted by atomic mass is 9.75. The molecule has 0 radical (unpaired) electrons. The van der Waals surface area contributed by atoms with Gasteiger partial charge in [0, 0.05) is 6.42 Å². The van der Waals surface area contributed by atoms with Gasteiger partial charge in [-0.3, -0.25) is 0 Å². The van der Waals surface area contributed by atoms with Gasteiger partial charge in [0.2, 0.25) is 0 Å². The first-order valence-corrected chi connectivity index (χ1v) is 6.14. The maximum absolute atomic E-state index is 12.1. The second-order valence-corrected chi connectivity index (χ2v) is 5.07. The SMILES string of the molecule is CCCC1CCC(O)(CCC(F)(F)F)CC1. The quantitative estimate of drug-likeness (QED) is 0.783. The Morgan fingerprint density at radius 2 is 1.81 bits per heavy atom. The molecule has 16 heavy (non-hydrogen) atoms. The van der Waals surface area contributed by atoms with Gasteiger partial charge in [0.25, 0.3) is 0 Å². The highest BCUT2D eigenvalue weighted by Gasteiger charge is 2.37. The van der Waals surface area contributed by atoms with Crippen molar-refractivity contribution in [2.45, 2.75) is 70.1 Å². The van der Waals surface area contributed by atoms with Crippen LogP contribution < -0.4 is 0 Å². The van der Waals surface area contributed by atoms with Crippen molar-refractivity contribution in [3.05, 3.63) is 0 Å². The molecule has 0 spiro atoms. The maximum atomic E-state index is 12.1. The lowest BCUT2D eigenvalue weighted by Gasteiger charge is -2.36. The Morgan fingerprint density at radius 3 is 2.25 bits per heavy atom. The van der Waals surface area contributed by atoms with Crippen LogP contribution in [0.1, 0.15) is 58.3 Å². The minimum absolute atomic E-state index is 0.130. The molecule has 0 aliphatic heterocycles. The van der Waals surface area contributed by atoms with Gasteiger partial charge in [-0.15, -0.1) is 0 Å². The zero-order valence-corrected chi connectivity index (χ0v) is 9.82. The molecule has 0 heterocycles. The summed E-state index contributed by atoms with van der Waals surface area (Å²) in [5, 5.41) is 10.0. The van der Waals surface area contributed by atoms with Crippen molar-refractivity contribution in [1.29, 1.82) is 0 Å². The summed E-state index contributed by atoms with van der Waals surface area (Å²) in [5.74, 6) is 0.608. The first-order valence-electron chi connectivity index (χ1n) is 6.14. The first-order chi connectivity index (χ1) is 7.35. The van der Waals surface area contributed by atoms with Crippen molar-refractivity contribution in [3.63, 3.8) is 0 Å². The summed E-state index contributed by atoms with van der Waals surface area (Å²) in [6, 6.07) is 0. The number of rotatable bonds is 4. The smallest absolute Gasteiger partial charge is 0.389 e. The summed E-state index contributed by atoms with van der Waals surface area (Å²) >= 11 is 0. The van der Waals surface area contributed by atoms with Gasteiger partial charge in [0.1, 0.15) is 0 Å². The Labute approximate surface area is 95.0 Å². The van der Waals surface area contributed by atoms with Gasteiger partial charge in [-0.25, -0.2) is 0 Å². The van der Waals surface area contributed by atoms with Gasteiger partial charge in [0.05, 0.1) is 5.60 Å². The van der Waals surface area contributed by atoms with Gasteiger partial charge in [-0.05, 0) is 38.0 Å². The third-order valence-corrected chi connectivity index (χ3v) is 3.61. The van der Waals surface area contributed by atoms with E-state index in [1.54, 1.807) is 0 Å². The molecule has 96 valence electrons. The average molecular weight is 238 g/mol. The Hall–Kier alpha value is -0.250. The Morgan fingerprint density at radius 1 is 1.25 bits per heavy atom. The molecule has 0 bridgehead atoms. The molecule has 0 saturated heterocycles. The summed E-state index contributed by atoms with van der Waals surface area (Å²) in [7, 11) is 0. The highest BCUT2D eigenvalue weighted by atomic mass is 19.4. The van der Waals surface area contributed by atoms with Crippen LogP contribution in [0.5, 0.6) is 0 Å². The Kier molecular flexibility index (Phi) is 4.65. The molecule has 0 aromatic rings. The average Bonchev–Trinajstić information content (AvgIpc) is 2.19. The van der Waals surface area contributed by atoms with Gasteiger partial charge in [-0.2, -0.15) is 13.2 Å². The Balaban J connectivity index is 2.32.